The Morgan fingerprint density at radius 3 is 3.13 bits per heavy atom. The molecule has 1 aliphatic rings. The maximum atomic E-state index is 11.7. The molecule has 5 heteroatoms. The monoisotopic (exact) mass is 226 g/mol. The van der Waals surface area contributed by atoms with Crippen molar-refractivity contribution >= 4 is 22.2 Å². The number of rotatable bonds is 2. The molecule has 2 heterocycles. The van der Waals surface area contributed by atoms with Crippen LogP contribution in [0.5, 0.6) is 0 Å². The van der Waals surface area contributed by atoms with Crippen molar-refractivity contribution in [3.63, 3.8) is 0 Å². The molecule has 1 unspecified atom stereocenters. The first-order valence-corrected chi connectivity index (χ1v) is 5.76. The molecule has 0 saturated carbocycles. The van der Waals surface area contributed by atoms with Crippen LogP contribution >= 0.6 is 11.3 Å². The number of amides is 1. The molecule has 1 aromatic rings. The van der Waals surface area contributed by atoms with Gasteiger partial charge in [-0.05, 0) is 23.9 Å². The van der Waals surface area contributed by atoms with Gasteiger partial charge in [-0.3, -0.25) is 9.69 Å². The van der Waals surface area contributed by atoms with Crippen LogP contribution in [0.4, 0.5) is 5.00 Å². The van der Waals surface area contributed by atoms with Gasteiger partial charge >= 0.3 is 0 Å². The number of ether oxygens (including phenoxy) is 1. The number of thiophene rings is 1. The summed E-state index contributed by atoms with van der Waals surface area (Å²) in [6, 6.07) is 2.01. The second kappa shape index (κ2) is 4.30. The highest BCUT2D eigenvalue weighted by molar-refractivity contribution is 7.14. The van der Waals surface area contributed by atoms with E-state index in [4.69, 9.17) is 10.5 Å². The Labute approximate surface area is 92.6 Å². The minimum atomic E-state index is -0.0378. The summed E-state index contributed by atoms with van der Waals surface area (Å²) in [5.41, 5.74) is 6.67. The van der Waals surface area contributed by atoms with Crippen LogP contribution in [-0.4, -0.2) is 31.7 Å². The first-order valence-electron chi connectivity index (χ1n) is 4.88. The fraction of sp³-hybridized carbons (Fsp3) is 0.500. The summed E-state index contributed by atoms with van der Waals surface area (Å²) in [6.07, 6.45) is -0.0378. The van der Waals surface area contributed by atoms with Crippen molar-refractivity contribution in [3.8, 4) is 0 Å². The van der Waals surface area contributed by atoms with Gasteiger partial charge in [0.1, 0.15) is 11.6 Å². The minimum absolute atomic E-state index is 0.0188. The van der Waals surface area contributed by atoms with E-state index >= 15 is 0 Å². The SMILES string of the molecule is Cc1ccsc1N1CC(CN)OCC1=O. The van der Waals surface area contributed by atoms with E-state index < -0.39 is 0 Å². The van der Waals surface area contributed by atoms with Crippen molar-refractivity contribution in [2.45, 2.75) is 13.0 Å². The summed E-state index contributed by atoms with van der Waals surface area (Å²) in [5, 5.41) is 3.01. The van der Waals surface area contributed by atoms with Gasteiger partial charge in [-0.1, -0.05) is 0 Å². The summed E-state index contributed by atoms with van der Waals surface area (Å²) in [7, 11) is 0. The zero-order valence-electron chi connectivity index (χ0n) is 8.60. The zero-order chi connectivity index (χ0) is 10.8. The molecule has 1 saturated heterocycles. The van der Waals surface area contributed by atoms with Crippen LogP contribution in [0, 0.1) is 6.92 Å². The van der Waals surface area contributed by atoms with Gasteiger partial charge in [-0.25, -0.2) is 0 Å². The van der Waals surface area contributed by atoms with E-state index in [1.807, 2.05) is 18.4 Å². The molecule has 0 spiro atoms. The van der Waals surface area contributed by atoms with E-state index in [1.165, 1.54) is 0 Å². The number of hydrogen-bond acceptors (Lipinski definition) is 4. The maximum Gasteiger partial charge on any atom is 0.253 e. The Morgan fingerprint density at radius 2 is 2.53 bits per heavy atom. The average Bonchev–Trinajstić information content (AvgIpc) is 2.65. The van der Waals surface area contributed by atoms with E-state index in [1.54, 1.807) is 16.2 Å². The molecule has 0 radical (unpaired) electrons. The second-order valence-corrected chi connectivity index (χ2v) is 4.48. The number of carbonyl (C=O) groups excluding carboxylic acids is 1. The fourth-order valence-corrected chi connectivity index (χ4v) is 2.56. The highest BCUT2D eigenvalue weighted by atomic mass is 32.1. The second-order valence-electron chi connectivity index (χ2n) is 3.58. The molecule has 2 rings (SSSR count). The average molecular weight is 226 g/mol. The molecule has 0 aromatic carbocycles. The summed E-state index contributed by atoms with van der Waals surface area (Å²) in [5.74, 6) is 0.0188. The van der Waals surface area contributed by atoms with Crippen molar-refractivity contribution < 1.29 is 9.53 Å². The van der Waals surface area contributed by atoms with E-state index in [-0.39, 0.29) is 18.6 Å². The predicted octanol–water partition coefficient (Wildman–Crippen LogP) is 0.747. The number of morpholine rings is 1. The van der Waals surface area contributed by atoms with Gasteiger partial charge < -0.3 is 10.5 Å². The lowest BCUT2D eigenvalue weighted by Gasteiger charge is -2.31. The van der Waals surface area contributed by atoms with Crippen LogP contribution in [0.15, 0.2) is 11.4 Å². The third-order valence-corrected chi connectivity index (χ3v) is 3.51. The Kier molecular flexibility index (Phi) is 3.04. The summed E-state index contributed by atoms with van der Waals surface area (Å²) < 4.78 is 5.30. The number of nitrogens with two attached hydrogens (primary N) is 1. The Hall–Kier alpha value is -0.910. The minimum Gasteiger partial charge on any atom is -0.365 e. The first-order chi connectivity index (χ1) is 7.22. The molecule has 1 fully saturated rings. The number of aryl methyl sites for hydroxylation is 1. The van der Waals surface area contributed by atoms with Gasteiger partial charge in [-0.15, -0.1) is 11.3 Å². The molecular formula is C10H14N2O2S. The number of nitrogens with zero attached hydrogens (tertiary/aromatic N) is 1. The molecule has 1 aliphatic heterocycles. The number of anilines is 1. The largest absolute Gasteiger partial charge is 0.365 e. The summed E-state index contributed by atoms with van der Waals surface area (Å²) >= 11 is 1.58. The van der Waals surface area contributed by atoms with Gasteiger partial charge in [-0.2, -0.15) is 0 Å². The van der Waals surface area contributed by atoms with Crippen LogP contribution < -0.4 is 10.6 Å². The van der Waals surface area contributed by atoms with E-state index in [0.717, 1.165) is 10.6 Å². The zero-order valence-corrected chi connectivity index (χ0v) is 9.42. The van der Waals surface area contributed by atoms with Crippen LogP contribution in [0.25, 0.3) is 0 Å². The quantitative estimate of drug-likeness (QED) is 0.809. The van der Waals surface area contributed by atoms with Gasteiger partial charge in [0.2, 0.25) is 0 Å². The van der Waals surface area contributed by atoms with Gasteiger partial charge in [0.25, 0.3) is 5.91 Å². The molecule has 1 aromatic heterocycles. The van der Waals surface area contributed by atoms with Crippen molar-refractivity contribution in [2.75, 3.05) is 24.6 Å². The maximum absolute atomic E-state index is 11.7. The summed E-state index contributed by atoms with van der Waals surface area (Å²) in [6.45, 7) is 3.16. The first kappa shape index (κ1) is 10.6. The standard InChI is InChI=1S/C10H14N2O2S/c1-7-2-3-15-10(7)12-5-8(4-11)14-6-9(12)13/h2-3,8H,4-6,11H2,1H3. The van der Waals surface area contributed by atoms with E-state index in [2.05, 4.69) is 0 Å². The Balaban J connectivity index is 2.20. The van der Waals surface area contributed by atoms with Crippen LogP contribution in [0.1, 0.15) is 5.56 Å². The van der Waals surface area contributed by atoms with Crippen molar-refractivity contribution in [1.82, 2.24) is 0 Å². The summed E-state index contributed by atoms with van der Waals surface area (Å²) in [4.78, 5) is 13.5. The lowest BCUT2D eigenvalue weighted by atomic mass is 10.2. The van der Waals surface area contributed by atoms with Crippen molar-refractivity contribution in [2.24, 2.45) is 5.73 Å². The Bertz CT molecular complexity index is 364. The lowest BCUT2D eigenvalue weighted by Crippen LogP contribution is -2.49. The molecule has 4 nitrogen and oxygen atoms in total. The molecule has 0 bridgehead atoms. The van der Waals surface area contributed by atoms with Crippen molar-refractivity contribution in [1.29, 1.82) is 0 Å². The van der Waals surface area contributed by atoms with Crippen LogP contribution in [0.3, 0.4) is 0 Å². The smallest absolute Gasteiger partial charge is 0.253 e. The number of carbonyl (C=O) groups is 1. The lowest BCUT2D eigenvalue weighted by molar-refractivity contribution is -0.128. The molecule has 15 heavy (non-hydrogen) atoms. The predicted molar refractivity (Wildman–Crippen MR) is 60.2 cm³/mol. The highest BCUT2D eigenvalue weighted by Gasteiger charge is 2.27. The molecule has 0 aliphatic carbocycles. The van der Waals surface area contributed by atoms with Crippen molar-refractivity contribution in [3.05, 3.63) is 17.0 Å². The van der Waals surface area contributed by atoms with E-state index in [0.29, 0.717) is 13.1 Å². The molecule has 2 N–H and O–H groups in total. The molecule has 1 atom stereocenters. The third kappa shape index (κ3) is 2.04. The Morgan fingerprint density at radius 1 is 1.73 bits per heavy atom. The topological polar surface area (TPSA) is 55.6 Å². The van der Waals surface area contributed by atoms with E-state index in [9.17, 15) is 4.79 Å². The molecule has 1 amide bonds. The molecular weight excluding hydrogens is 212 g/mol. The third-order valence-electron chi connectivity index (χ3n) is 2.47. The van der Waals surface area contributed by atoms with Gasteiger partial charge in [0, 0.05) is 6.54 Å². The fourth-order valence-electron chi connectivity index (χ4n) is 1.61. The van der Waals surface area contributed by atoms with Crippen LogP contribution in [0.2, 0.25) is 0 Å². The van der Waals surface area contributed by atoms with Gasteiger partial charge in [0.15, 0.2) is 0 Å². The van der Waals surface area contributed by atoms with Gasteiger partial charge in [0.05, 0.1) is 12.6 Å². The highest BCUT2D eigenvalue weighted by Crippen LogP contribution is 2.28. The molecule has 82 valence electrons. The van der Waals surface area contributed by atoms with Crippen LogP contribution in [-0.2, 0) is 9.53 Å². The number of hydrogen-bond donors (Lipinski definition) is 1. The normalized spacial score (nSPS) is 22.1.